The zero-order valence-electron chi connectivity index (χ0n) is 27.8. The molecule has 1 aliphatic rings. The van der Waals surface area contributed by atoms with Gasteiger partial charge >= 0.3 is 0 Å². The number of carbonyl (C=O) groups is 3. The molecule has 0 spiro atoms. The quantitative estimate of drug-likeness (QED) is 0.278. The Labute approximate surface area is 284 Å². The molecule has 0 saturated carbocycles. The summed E-state index contributed by atoms with van der Waals surface area (Å²) in [5, 5.41) is 10.8. The van der Waals surface area contributed by atoms with E-state index in [9.17, 15) is 14.4 Å². The fourth-order valence-electron chi connectivity index (χ4n) is 5.61. The lowest BCUT2D eigenvalue weighted by Crippen LogP contribution is -2.46. The van der Waals surface area contributed by atoms with Crippen molar-refractivity contribution in [2.24, 2.45) is 5.92 Å². The number of carbonyl (C=O) groups excluding carboxylic acids is 3. The molecule has 3 amide bonds. The molecule has 0 fully saturated rings. The van der Waals surface area contributed by atoms with Crippen molar-refractivity contribution in [3.63, 3.8) is 0 Å². The molecule has 2 N–H and O–H groups in total. The third-order valence-electron chi connectivity index (χ3n) is 8.25. The molecule has 252 valence electrons. The van der Waals surface area contributed by atoms with Crippen molar-refractivity contribution in [1.29, 1.82) is 0 Å². The Balaban J connectivity index is 1.30. The standard InChI is InChI=1S/C37H39N7O5/c1-24(2)33-35-41-34(26-11-6-4-7-12-26)42-44(35)19-20-48-29-16-10-15-28(21-29)36(47)38-17-18-43(23-31(45)40-33)32(46)22-30-25(3)49-37(39-30)27-13-8-5-9-14-27/h4-16,21,24,33H,17-20,22-23H2,1-3H3,(H,38,47)(H,40,45)/t33-/m0/s1. The number of fused-ring (bicyclic) bond motifs is 3. The molecule has 1 atom stereocenters. The summed E-state index contributed by atoms with van der Waals surface area (Å²) >= 11 is 0. The van der Waals surface area contributed by atoms with Crippen LogP contribution in [-0.4, -0.2) is 68.6 Å². The summed E-state index contributed by atoms with van der Waals surface area (Å²) < 4.78 is 13.7. The Morgan fingerprint density at radius 3 is 2.37 bits per heavy atom. The minimum Gasteiger partial charge on any atom is -0.492 e. The summed E-state index contributed by atoms with van der Waals surface area (Å²) in [5.41, 5.74) is 2.53. The highest BCUT2D eigenvalue weighted by atomic mass is 16.5. The van der Waals surface area contributed by atoms with Gasteiger partial charge in [-0.15, -0.1) is 0 Å². The molecule has 12 heteroatoms. The smallest absolute Gasteiger partial charge is 0.251 e. The number of nitrogens with zero attached hydrogens (tertiary/aromatic N) is 5. The molecule has 3 aromatic carbocycles. The van der Waals surface area contributed by atoms with E-state index in [1.54, 1.807) is 35.9 Å². The van der Waals surface area contributed by atoms with E-state index in [-0.39, 0.29) is 56.3 Å². The third kappa shape index (κ3) is 8.03. The highest BCUT2D eigenvalue weighted by Crippen LogP contribution is 2.25. The molecule has 0 saturated heterocycles. The molecule has 5 aromatic rings. The predicted molar refractivity (Wildman–Crippen MR) is 182 cm³/mol. The zero-order chi connectivity index (χ0) is 34.3. The number of oxazole rings is 1. The van der Waals surface area contributed by atoms with E-state index in [1.165, 1.54) is 4.90 Å². The van der Waals surface area contributed by atoms with Crippen LogP contribution in [0.3, 0.4) is 0 Å². The first-order chi connectivity index (χ1) is 23.7. The maximum Gasteiger partial charge on any atom is 0.251 e. The van der Waals surface area contributed by atoms with Gasteiger partial charge in [0.25, 0.3) is 5.91 Å². The number of nitrogens with one attached hydrogen (secondary N) is 2. The summed E-state index contributed by atoms with van der Waals surface area (Å²) in [5.74, 6) is 1.48. The van der Waals surface area contributed by atoms with Gasteiger partial charge in [0.2, 0.25) is 17.7 Å². The van der Waals surface area contributed by atoms with Gasteiger partial charge in [0, 0.05) is 29.8 Å². The molecular formula is C37H39N7O5. The first-order valence-electron chi connectivity index (χ1n) is 16.3. The molecule has 2 bridgehead atoms. The van der Waals surface area contributed by atoms with Crippen LogP contribution in [0.1, 0.15) is 47.5 Å². The predicted octanol–water partition coefficient (Wildman–Crippen LogP) is 4.62. The fraction of sp³-hybridized carbons (Fsp3) is 0.297. The minimum atomic E-state index is -0.514. The van der Waals surface area contributed by atoms with Gasteiger partial charge in [-0.05, 0) is 43.2 Å². The summed E-state index contributed by atoms with van der Waals surface area (Å²) in [7, 11) is 0. The Bertz CT molecular complexity index is 1920. The van der Waals surface area contributed by atoms with Crippen LogP contribution in [0.4, 0.5) is 0 Å². The number of rotatable bonds is 5. The van der Waals surface area contributed by atoms with Gasteiger partial charge in [0.1, 0.15) is 18.1 Å². The molecule has 6 rings (SSSR count). The average Bonchev–Trinajstić information content (AvgIpc) is 3.70. The van der Waals surface area contributed by atoms with E-state index >= 15 is 0 Å². The van der Waals surface area contributed by atoms with E-state index in [1.807, 2.05) is 74.5 Å². The Kier molecular flexibility index (Phi) is 10.1. The number of amides is 3. The van der Waals surface area contributed by atoms with Crippen molar-refractivity contribution in [1.82, 2.24) is 35.3 Å². The van der Waals surface area contributed by atoms with Gasteiger partial charge in [-0.2, -0.15) is 5.10 Å². The normalized spacial score (nSPS) is 15.9. The average molecular weight is 662 g/mol. The van der Waals surface area contributed by atoms with Crippen LogP contribution in [-0.2, 0) is 22.6 Å². The molecular weight excluding hydrogens is 622 g/mol. The van der Waals surface area contributed by atoms with Gasteiger partial charge in [-0.3, -0.25) is 14.4 Å². The largest absolute Gasteiger partial charge is 0.492 e. The highest BCUT2D eigenvalue weighted by Gasteiger charge is 2.28. The molecule has 2 aromatic heterocycles. The van der Waals surface area contributed by atoms with Crippen molar-refractivity contribution >= 4 is 17.7 Å². The Morgan fingerprint density at radius 2 is 1.63 bits per heavy atom. The summed E-state index contributed by atoms with van der Waals surface area (Å²) in [4.78, 5) is 51.5. The first kappa shape index (κ1) is 33.1. The minimum absolute atomic E-state index is 0.0622. The number of aromatic nitrogens is 4. The second-order valence-electron chi connectivity index (χ2n) is 12.2. The van der Waals surface area contributed by atoms with Gasteiger partial charge in [-0.25, -0.2) is 14.6 Å². The topological polar surface area (TPSA) is 144 Å². The SMILES string of the molecule is Cc1oc(-c2ccccc2)nc1CC(=O)N1CCNC(=O)c2cccc(c2)OCCn2nc(-c3ccccc3)nc2[C@H](C(C)C)NC(=O)C1. The number of aryl methyl sites for hydroxylation is 1. The van der Waals surface area contributed by atoms with Crippen molar-refractivity contribution in [2.75, 3.05) is 26.2 Å². The van der Waals surface area contributed by atoms with Crippen molar-refractivity contribution in [2.45, 2.75) is 39.8 Å². The van der Waals surface area contributed by atoms with Crippen LogP contribution >= 0.6 is 0 Å². The van der Waals surface area contributed by atoms with Crippen molar-refractivity contribution in [3.8, 4) is 28.6 Å². The second kappa shape index (κ2) is 15.0. The molecule has 0 radical (unpaired) electrons. The van der Waals surface area contributed by atoms with E-state index in [4.69, 9.17) is 19.2 Å². The first-order valence-corrected chi connectivity index (χ1v) is 16.3. The Morgan fingerprint density at radius 1 is 0.918 bits per heavy atom. The lowest BCUT2D eigenvalue weighted by Gasteiger charge is -2.26. The van der Waals surface area contributed by atoms with Crippen LogP contribution in [0.5, 0.6) is 5.75 Å². The van der Waals surface area contributed by atoms with Crippen LogP contribution in [0.2, 0.25) is 0 Å². The molecule has 49 heavy (non-hydrogen) atoms. The van der Waals surface area contributed by atoms with Crippen molar-refractivity contribution in [3.05, 3.63) is 108 Å². The maximum atomic E-state index is 13.8. The van der Waals surface area contributed by atoms with Gasteiger partial charge in [0.05, 0.1) is 31.2 Å². The van der Waals surface area contributed by atoms with E-state index in [0.717, 1.165) is 11.1 Å². The van der Waals surface area contributed by atoms with E-state index in [2.05, 4.69) is 15.6 Å². The summed E-state index contributed by atoms with van der Waals surface area (Å²) in [6, 6.07) is 25.5. The van der Waals surface area contributed by atoms with Gasteiger partial charge in [-0.1, -0.05) is 68.4 Å². The number of hydrogen-bond acceptors (Lipinski definition) is 8. The van der Waals surface area contributed by atoms with Crippen LogP contribution in [0, 0.1) is 12.8 Å². The Hall–Kier alpha value is -5.78. The monoisotopic (exact) mass is 661 g/mol. The lowest BCUT2D eigenvalue weighted by atomic mass is 10.0. The van der Waals surface area contributed by atoms with E-state index < -0.39 is 6.04 Å². The second-order valence-corrected chi connectivity index (χ2v) is 12.2. The fourth-order valence-corrected chi connectivity index (χ4v) is 5.61. The number of benzene rings is 3. The number of hydrogen-bond donors (Lipinski definition) is 2. The molecule has 1 aliphatic heterocycles. The highest BCUT2D eigenvalue weighted by molar-refractivity contribution is 5.94. The van der Waals surface area contributed by atoms with Gasteiger partial charge in [0.15, 0.2) is 11.6 Å². The van der Waals surface area contributed by atoms with Crippen LogP contribution in [0.25, 0.3) is 22.8 Å². The van der Waals surface area contributed by atoms with Crippen molar-refractivity contribution < 1.29 is 23.5 Å². The molecule has 3 heterocycles. The molecule has 0 aliphatic carbocycles. The lowest BCUT2D eigenvalue weighted by molar-refractivity contribution is -0.135. The molecule has 0 unspecified atom stereocenters. The summed E-state index contributed by atoms with van der Waals surface area (Å²) in [6.45, 7) is 6.33. The third-order valence-corrected chi connectivity index (χ3v) is 8.25. The molecule has 12 nitrogen and oxygen atoms in total. The maximum absolute atomic E-state index is 13.8. The summed E-state index contributed by atoms with van der Waals surface area (Å²) in [6.07, 6.45) is -0.0782. The van der Waals surface area contributed by atoms with Gasteiger partial charge < -0.3 is 24.7 Å². The van der Waals surface area contributed by atoms with Crippen LogP contribution in [0.15, 0.2) is 89.3 Å². The van der Waals surface area contributed by atoms with E-state index in [0.29, 0.717) is 46.9 Å². The zero-order valence-corrected chi connectivity index (χ0v) is 27.8. The number of ether oxygens (including phenoxy) is 1. The van der Waals surface area contributed by atoms with Crippen LogP contribution < -0.4 is 15.4 Å².